The van der Waals surface area contributed by atoms with E-state index >= 15 is 4.39 Å². The minimum atomic E-state index is -4.20. The fourth-order valence-corrected chi connectivity index (χ4v) is 4.92. The van der Waals surface area contributed by atoms with Crippen LogP contribution in [-0.2, 0) is 29.8 Å². The molecule has 164 valence electrons. The van der Waals surface area contributed by atoms with Crippen LogP contribution < -0.4 is 9.84 Å². The van der Waals surface area contributed by atoms with E-state index in [4.69, 9.17) is 18.3 Å². The molecule has 0 radical (unpaired) electrons. The van der Waals surface area contributed by atoms with Crippen LogP contribution in [0.4, 0.5) is 4.39 Å². The van der Waals surface area contributed by atoms with Crippen molar-refractivity contribution in [2.75, 3.05) is 6.61 Å². The third-order valence-electron chi connectivity index (χ3n) is 4.91. The molecule has 3 heterocycles. The summed E-state index contributed by atoms with van der Waals surface area (Å²) in [6.45, 7) is 0.637. The molecule has 10 nitrogen and oxygen atoms in total. The van der Waals surface area contributed by atoms with E-state index < -0.39 is 50.1 Å². The van der Waals surface area contributed by atoms with Gasteiger partial charge in [0, 0.05) is 17.8 Å². The van der Waals surface area contributed by atoms with Gasteiger partial charge in [0.15, 0.2) is 6.23 Å². The first-order chi connectivity index (χ1) is 14.1. The van der Waals surface area contributed by atoms with Gasteiger partial charge in [-0.25, -0.2) is 8.96 Å². The number of aliphatic hydroxyl groups excluding tert-OH is 2. The molecule has 13 heteroatoms. The average Bonchev–Trinajstić information content (AvgIpc) is 2.92. The first kappa shape index (κ1) is 21.6. The smallest absolute Gasteiger partial charge is 0.403 e. The number of nitrogens with one attached hydrogen (secondary N) is 1. The minimum absolute atomic E-state index is 0.0676. The molecular formula is C17H20FN2O8PS. The van der Waals surface area contributed by atoms with Crippen molar-refractivity contribution in [3.05, 3.63) is 41.6 Å². The van der Waals surface area contributed by atoms with Crippen LogP contribution in [0.3, 0.4) is 0 Å². The number of nitrogens with zero attached hydrogens (tertiary/aromatic N) is 1. The molecule has 3 aliphatic rings. The molecular weight excluding hydrogens is 442 g/mol. The standard InChI is InChI=1S/C17H20FN2O8PS/c1-9-3-2-4-10-7-25-29(24,28-13(9)10)26-8-17(18)14(23)12(22)15(27-17)20-6-5-11(21)19-16(20)30/h2-6,12,14-16,22-23,30H,7-8H2,1H3,(H,19,21)/t12-,14+,15-,16?,17-,29?/m1/s1. The minimum Gasteiger partial charge on any atom is -0.403 e. The maximum Gasteiger partial charge on any atom is 0.530 e. The maximum atomic E-state index is 15.3. The molecule has 6 atom stereocenters. The SMILES string of the molecule is Cc1cccc2c1OP(=O)(OC[C@@]1(F)O[C@@H](N3C=CC(=O)NC3S)[C@H](O)[C@@H]1O)OC2. The fourth-order valence-electron chi connectivity index (χ4n) is 3.29. The van der Waals surface area contributed by atoms with Crippen LogP contribution in [0.1, 0.15) is 11.1 Å². The van der Waals surface area contributed by atoms with E-state index in [9.17, 15) is 19.6 Å². The zero-order valence-corrected chi connectivity index (χ0v) is 17.5. The number of hydrogen-bond donors (Lipinski definition) is 4. The quantitative estimate of drug-likeness (QED) is 0.382. The lowest BCUT2D eigenvalue weighted by molar-refractivity contribution is -0.212. The molecule has 1 saturated heterocycles. The van der Waals surface area contributed by atoms with Crippen molar-refractivity contribution < 1.29 is 42.3 Å². The predicted octanol–water partition coefficient (Wildman–Crippen LogP) is 0.932. The Morgan fingerprint density at radius 2 is 2.23 bits per heavy atom. The van der Waals surface area contributed by atoms with Crippen LogP contribution in [0.15, 0.2) is 30.5 Å². The lowest BCUT2D eigenvalue weighted by Crippen LogP contribution is -2.53. The number of carbonyl (C=O) groups is 1. The molecule has 3 N–H and O–H groups in total. The number of amides is 1. The summed E-state index contributed by atoms with van der Waals surface area (Å²) < 4.78 is 48.9. The highest BCUT2D eigenvalue weighted by Gasteiger charge is 2.58. The van der Waals surface area contributed by atoms with Crippen molar-refractivity contribution in [2.24, 2.45) is 0 Å². The first-order valence-electron chi connectivity index (χ1n) is 8.96. The summed E-state index contributed by atoms with van der Waals surface area (Å²) in [5, 5.41) is 22.9. The van der Waals surface area contributed by atoms with Gasteiger partial charge in [-0.15, -0.1) is 12.6 Å². The Hall–Kier alpha value is -1.66. The van der Waals surface area contributed by atoms with E-state index in [1.165, 1.54) is 11.1 Å². The molecule has 0 aliphatic carbocycles. The molecule has 1 fully saturated rings. The number of fused-ring (bicyclic) bond motifs is 1. The molecule has 0 saturated carbocycles. The number of thiol groups is 1. The van der Waals surface area contributed by atoms with Gasteiger partial charge in [-0.3, -0.25) is 13.8 Å². The molecule has 1 aromatic carbocycles. The molecule has 1 aromatic rings. The van der Waals surface area contributed by atoms with Gasteiger partial charge in [-0.2, -0.15) is 0 Å². The number of phosphoric acid groups is 1. The number of ether oxygens (including phenoxy) is 1. The molecule has 4 rings (SSSR count). The second-order valence-corrected chi connectivity index (χ2v) is 9.11. The average molecular weight is 462 g/mol. The lowest BCUT2D eigenvalue weighted by Gasteiger charge is -2.36. The molecule has 1 amide bonds. The lowest BCUT2D eigenvalue weighted by atomic mass is 10.1. The number of carbonyl (C=O) groups excluding carboxylic acids is 1. The predicted molar refractivity (Wildman–Crippen MR) is 103 cm³/mol. The van der Waals surface area contributed by atoms with Crippen molar-refractivity contribution in [3.8, 4) is 5.75 Å². The van der Waals surface area contributed by atoms with E-state index in [0.717, 1.165) is 6.08 Å². The van der Waals surface area contributed by atoms with Crippen LogP contribution in [-0.4, -0.2) is 57.4 Å². The van der Waals surface area contributed by atoms with E-state index in [1.807, 2.05) is 0 Å². The van der Waals surface area contributed by atoms with Crippen LogP contribution in [0.5, 0.6) is 5.75 Å². The molecule has 3 aliphatic heterocycles. The van der Waals surface area contributed by atoms with Crippen LogP contribution in [0.25, 0.3) is 0 Å². The van der Waals surface area contributed by atoms with Crippen molar-refractivity contribution in [1.82, 2.24) is 10.2 Å². The van der Waals surface area contributed by atoms with Gasteiger partial charge in [-0.05, 0) is 12.5 Å². The second-order valence-electron chi connectivity index (χ2n) is 7.02. The maximum absolute atomic E-state index is 15.3. The van der Waals surface area contributed by atoms with Crippen molar-refractivity contribution in [2.45, 2.75) is 43.3 Å². The largest absolute Gasteiger partial charge is 0.530 e. The Kier molecular flexibility index (Phi) is 5.60. The van der Waals surface area contributed by atoms with Crippen LogP contribution >= 0.6 is 20.5 Å². The highest BCUT2D eigenvalue weighted by molar-refractivity contribution is 7.80. The number of rotatable bonds is 4. The fraction of sp³-hybridized carbons (Fsp3) is 0.471. The van der Waals surface area contributed by atoms with Gasteiger partial charge in [0.2, 0.25) is 5.91 Å². The van der Waals surface area contributed by atoms with Crippen LogP contribution in [0, 0.1) is 6.92 Å². The second kappa shape index (κ2) is 7.79. The Labute approximate surface area is 176 Å². The Balaban J connectivity index is 1.47. The highest BCUT2D eigenvalue weighted by Crippen LogP contribution is 2.56. The number of phosphoric ester groups is 1. The number of alkyl halides is 1. The van der Waals surface area contributed by atoms with Gasteiger partial charge in [0.05, 0.1) is 6.61 Å². The van der Waals surface area contributed by atoms with E-state index in [2.05, 4.69) is 17.9 Å². The van der Waals surface area contributed by atoms with Gasteiger partial charge < -0.3 is 29.7 Å². The normalized spacial score (nSPS) is 38.2. The summed E-state index contributed by atoms with van der Waals surface area (Å²) in [7, 11) is -4.20. The Bertz CT molecular complexity index is 935. The summed E-state index contributed by atoms with van der Waals surface area (Å²) in [6, 6.07) is 5.26. The van der Waals surface area contributed by atoms with Crippen LogP contribution in [0.2, 0.25) is 0 Å². The monoisotopic (exact) mass is 462 g/mol. The summed E-state index contributed by atoms with van der Waals surface area (Å²) in [6.07, 6.45) is -2.78. The third-order valence-corrected chi connectivity index (χ3v) is 6.61. The molecule has 2 unspecified atom stereocenters. The highest BCUT2D eigenvalue weighted by atomic mass is 32.1. The number of halogens is 1. The Morgan fingerprint density at radius 3 is 2.97 bits per heavy atom. The molecule has 0 aromatic heterocycles. The molecule has 30 heavy (non-hydrogen) atoms. The van der Waals surface area contributed by atoms with E-state index in [-0.39, 0.29) is 6.61 Å². The summed E-state index contributed by atoms with van der Waals surface area (Å²) >= 11 is 4.13. The number of aryl methyl sites for hydroxylation is 1. The van der Waals surface area contributed by atoms with Crippen molar-refractivity contribution in [3.63, 3.8) is 0 Å². The first-order valence-corrected chi connectivity index (χ1v) is 10.9. The molecule has 0 spiro atoms. The summed E-state index contributed by atoms with van der Waals surface area (Å²) in [4.78, 5) is 12.6. The van der Waals surface area contributed by atoms with Gasteiger partial charge >= 0.3 is 7.82 Å². The van der Waals surface area contributed by atoms with Crippen molar-refractivity contribution in [1.29, 1.82) is 0 Å². The van der Waals surface area contributed by atoms with E-state index in [1.54, 1.807) is 25.1 Å². The molecule has 0 bridgehead atoms. The van der Waals surface area contributed by atoms with Gasteiger partial charge in [0.25, 0.3) is 5.85 Å². The van der Waals surface area contributed by atoms with Gasteiger partial charge in [-0.1, -0.05) is 18.2 Å². The number of hydrogen-bond acceptors (Lipinski definition) is 10. The zero-order valence-electron chi connectivity index (χ0n) is 15.7. The third kappa shape index (κ3) is 3.84. The Morgan fingerprint density at radius 1 is 1.47 bits per heavy atom. The van der Waals surface area contributed by atoms with Crippen molar-refractivity contribution >= 4 is 26.4 Å². The topological polar surface area (TPSA) is 127 Å². The number of aliphatic hydroxyl groups is 2. The zero-order chi connectivity index (χ0) is 21.7. The number of para-hydroxylation sites is 1. The van der Waals surface area contributed by atoms with E-state index in [0.29, 0.717) is 16.9 Å². The van der Waals surface area contributed by atoms with Gasteiger partial charge in [0.1, 0.15) is 30.1 Å². The summed E-state index contributed by atoms with van der Waals surface area (Å²) in [5.74, 6) is -3.05. The number of benzene rings is 1. The summed E-state index contributed by atoms with van der Waals surface area (Å²) in [5.41, 5.74) is 0.424.